The predicted molar refractivity (Wildman–Crippen MR) is 83.5 cm³/mol. The third-order valence-corrected chi connectivity index (χ3v) is 5.86. The lowest BCUT2D eigenvalue weighted by Crippen LogP contribution is -2.44. The van der Waals surface area contributed by atoms with Gasteiger partial charge in [-0.15, -0.1) is 0 Å². The smallest absolute Gasteiger partial charge is 0.309 e. The Morgan fingerprint density at radius 2 is 2.25 bits per heavy atom. The lowest BCUT2D eigenvalue weighted by Gasteiger charge is -2.38. The second-order valence-electron chi connectivity index (χ2n) is 5.94. The van der Waals surface area contributed by atoms with Crippen molar-refractivity contribution in [2.24, 2.45) is 11.3 Å². The van der Waals surface area contributed by atoms with Crippen molar-refractivity contribution in [2.45, 2.75) is 33.2 Å². The van der Waals surface area contributed by atoms with Crippen molar-refractivity contribution >= 4 is 37.8 Å². The average Bonchev–Trinajstić information content (AvgIpc) is 2.68. The standard InChI is InChI=1S/C14H19Br2NO3/c1-14(2,13(18)19)9-4-3-5-17(7-9)8-10-6-11(15)12(16)20-10/h6,9H,3-5,7-8H2,1-2H3,(H,18,19). The molecule has 1 N–H and O–H groups in total. The zero-order valence-corrected chi connectivity index (χ0v) is 14.8. The van der Waals surface area contributed by atoms with Crippen LogP contribution in [0.4, 0.5) is 0 Å². The lowest BCUT2D eigenvalue weighted by atomic mass is 9.74. The number of furan rings is 1. The van der Waals surface area contributed by atoms with E-state index in [4.69, 9.17) is 4.42 Å². The van der Waals surface area contributed by atoms with Crippen LogP contribution in [-0.4, -0.2) is 29.1 Å². The quantitative estimate of drug-likeness (QED) is 0.813. The van der Waals surface area contributed by atoms with Crippen LogP contribution in [0.3, 0.4) is 0 Å². The lowest BCUT2D eigenvalue weighted by molar-refractivity contribution is -0.151. The van der Waals surface area contributed by atoms with Crippen LogP contribution in [0.1, 0.15) is 32.4 Å². The molecule has 0 aromatic carbocycles. The normalized spacial score (nSPS) is 21.1. The Morgan fingerprint density at radius 3 is 2.80 bits per heavy atom. The summed E-state index contributed by atoms with van der Waals surface area (Å²) in [4.78, 5) is 13.7. The zero-order chi connectivity index (χ0) is 14.9. The highest BCUT2D eigenvalue weighted by Gasteiger charge is 2.39. The van der Waals surface area contributed by atoms with E-state index in [1.54, 1.807) is 0 Å². The molecule has 0 bridgehead atoms. The first kappa shape index (κ1) is 16.0. The molecule has 112 valence electrons. The van der Waals surface area contributed by atoms with Crippen molar-refractivity contribution in [2.75, 3.05) is 13.1 Å². The fourth-order valence-electron chi connectivity index (χ4n) is 2.65. The van der Waals surface area contributed by atoms with Gasteiger partial charge < -0.3 is 9.52 Å². The molecule has 1 unspecified atom stereocenters. The van der Waals surface area contributed by atoms with Crippen molar-refractivity contribution in [1.82, 2.24) is 4.90 Å². The number of rotatable bonds is 4. The Hall–Kier alpha value is -0.330. The van der Waals surface area contributed by atoms with Gasteiger partial charge in [0.05, 0.1) is 16.4 Å². The summed E-state index contributed by atoms with van der Waals surface area (Å²) in [6.45, 7) is 6.15. The van der Waals surface area contributed by atoms with E-state index in [0.29, 0.717) is 4.67 Å². The van der Waals surface area contributed by atoms with Crippen LogP contribution >= 0.6 is 31.9 Å². The topological polar surface area (TPSA) is 53.7 Å². The van der Waals surface area contributed by atoms with E-state index in [9.17, 15) is 9.90 Å². The van der Waals surface area contributed by atoms with Gasteiger partial charge in [-0.25, -0.2) is 0 Å². The Bertz CT molecular complexity index is 479. The summed E-state index contributed by atoms with van der Waals surface area (Å²) < 4.78 is 7.21. The molecule has 1 aliphatic rings. The van der Waals surface area contributed by atoms with Crippen molar-refractivity contribution in [3.8, 4) is 0 Å². The molecule has 4 nitrogen and oxygen atoms in total. The molecule has 0 radical (unpaired) electrons. The van der Waals surface area contributed by atoms with E-state index in [1.807, 2.05) is 19.9 Å². The number of hydrogen-bond donors (Lipinski definition) is 1. The summed E-state index contributed by atoms with van der Waals surface area (Å²) in [7, 11) is 0. The number of piperidine rings is 1. The van der Waals surface area contributed by atoms with Crippen LogP contribution < -0.4 is 0 Å². The Kier molecular flexibility index (Phi) is 4.97. The summed E-state index contributed by atoms with van der Waals surface area (Å²) in [5.41, 5.74) is -0.678. The van der Waals surface area contributed by atoms with Gasteiger partial charge in [0.15, 0.2) is 4.67 Å². The van der Waals surface area contributed by atoms with Gasteiger partial charge in [-0.1, -0.05) is 0 Å². The van der Waals surface area contributed by atoms with E-state index in [1.165, 1.54) is 0 Å². The fourth-order valence-corrected chi connectivity index (χ4v) is 3.31. The van der Waals surface area contributed by atoms with Crippen molar-refractivity contribution in [3.63, 3.8) is 0 Å². The summed E-state index contributed by atoms with van der Waals surface area (Å²) in [6, 6.07) is 1.95. The van der Waals surface area contributed by atoms with Crippen LogP contribution in [0.5, 0.6) is 0 Å². The van der Waals surface area contributed by atoms with Crippen molar-refractivity contribution in [1.29, 1.82) is 0 Å². The van der Waals surface area contributed by atoms with Gasteiger partial charge >= 0.3 is 5.97 Å². The highest BCUT2D eigenvalue weighted by Crippen LogP contribution is 2.35. The zero-order valence-electron chi connectivity index (χ0n) is 11.7. The monoisotopic (exact) mass is 407 g/mol. The molecular formula is C14H19Br2NO3. The van der Waals surface area contributed by atoms with Crippen LogP contribution in [-0.2, 0) is 11.3 Å². The van der Waals surface area contributed by atoms with E-state index < -0.39 is 11.4 Å². The Morgan fingerprint density at radius 1 is 1.55 bits per heavy atom. The van der Waals surface area contributed by atoms with Crippen LogP contribution in [0, 0.1) is 11.3 Å². The molecule has 0 aliphatic carbocycles. The first-order chi connectivity index (χ1) is 9.30. The maximum atomic E-state index is 11.4. The van der Waals surface area contributed by atoms with E-state index in [-0.39, 0.29) is 5.92 Å². The summed E-state index contributed by atoms with van der Waals surface area (Å²) in [5, 5.41) is 9.36. The first-order valence-electron chi connectivity index (χ1n) is 6.70. The minimum absolute atomic E-state index is 0.176. The number of aliphatic carboxylic acids is 1. The maximum Gasteiger partial charge on any atom is 0.309 e. The molecule has 0 spiro atoms. The van der Waals surface area contributed by atoms with Gasteiger partial charge in [-0.05, 0) is 77.1 Å². The Balaban J connectivity index is 2.02. The summed E-state index contributed by atoms with van der Waals surface area (Å²) in [6.07, 6.45) is 2.01. The van der Waals surface area contributed by atoms with E-state index in [2.05, 4.69) is 36.8 Å². The second kappa shape index (κ2) is 6.20. The van der Waals surface area contributed by atoms with Gasteiger partial charge in [0.1, 0.15) is 5.76 Å². The number of carbonyl (C=O) groups is 1. The summed E-state index contributed by atoms with van der Waals surface area (Å²) in [5.74, 6) is 0.348. The van der Waals surface area contributed by atoms with Gasteiger partial charge in [0.25, 0.3) is 0 Å². The Labute approximate surface area is 135 Å². The van der Waals surface area contributed by atoms with E-state index >= 15 is 0 Å². The summed E-state index contributed by atoms with van der Waals surface area (Å²) >= 11 is 6.74. The number of halogens is 2. The number of nitrogens with zero attached hydrogens (tertiary/aromatic N) is 1. The molecule has 1 aromatic rings. The first-order valence-corrected chi connectivity index (χ1v) is 8.28. The van der Waals surface area contributed by atoms with Gasteiger partial charge in [0.2, 0.25) is 0 Å². The SMILES string of the molecule is CC(C)(C(=O)O)C1CCCN(Cc2cc(Br)c(Br)o2)C1. The molecular weight excluding hydrogens is 390 g/mol. The largest absolute Gasteiger partial charge is 0.481 e. The highest BCUT2D eigenvalue weighted by atomic mass is 79.9. The van der Waals surface area contributed by atoms with E-state index in [0.717, 1.165) is 42.7 Å². The fraction of sp³-hybridized carbons (Fsp3) is 0.643. The minimum atomic E-state index is -0.715. The van der Waals surface area contributed by atoms with Crippen molar-refractivity contribution in [3.05, 3.63) is 21.0 Å². The minimum Gasteiger partial charge on any atom is -0.481 e. The van der Waals surface area contributed by atoms with Crippen LogP contribution in [0.2, 0.25) is 0 Å². The third kappa shape index (κ3) is 3.46. The molecule has 20 heavy (non-hydrogen) atoms. The maximum absolute atomic E-state index is 11.4. The predicted octanol–water partition coefficient (Wildman–Crippen LogP) is 4.13. The van der Waals surface area contributed by atoms with Gasteiger partial charge in [-0.3, -0.25) is 9.69 Å². The van der Waals surface area contributed by atoms with Crippen LogP contribution in [0.25, 0.3) is 0 Å². The van der Waals surface area contributed by atoms with Gasteiger partial charge in [-0.2, -0.15) is 0 Å². The molecule has 2 rings (SSSR count). The number of likely N-dealkylation sites (tertiary alicyclic amines) is 1. The molecule has 1 aromatic heterocycles. The molecule has 1 saturated heterocycles. The average molecular weight is 409 g/mol. The second-order valence-corrected chi connectivity index (χ2v) is 7.51. The molecule has 2 heterocycles. The molecule has 6 heteroatoms. The number of hydrogen-bond acceptors (Lipinski definition) is 3. The van der Waals surface area contributed by atoms with Crippen LogP contribution in [0.15, 0.2) is 19.6 Å². The molecule has 1 atom stereocenters. The molecule has 0 amide bonds. The number of carboxylic acid groups (broad SMARTS) is 1. The third-order valence-electron chi connectivity index (χ3n) is 4.15. The highest BCUT2D eigenvalue weighted by molar-refractivity contribution is 9.13. The van der Waals surface area contributed by atoms with Gasteiger partial charge in [0, 0.05) is 6.54 Å². The molecule has 0 saturated carbocycles. The van der Waals surface area contributed by atoms with Crippen molar-refractivity contribution < 1.29 is 14.3 Å². The molecule has 1 fully saturated rings. The molecule has 1 aliphatic heterocycles. The number of carboxylic acids is 1.